The third-order valence-corrected chi connectivity index (χ3v) is 8.84. The molecular weight excluding hydrogens is 676 g/mol. The molecule has 13 heteroatoms. The Morgan fingerprint density at radius 1 is 0.698 bits per heavy atom. The molecule has 5 amide bonds. The van der Waals surface area contributed by atoms with E-state index in [9.17, 15) is 28.8 Å². The maximum Gasteiger partial charge on any atom is 0.290 e. The number of Topliss-reactive ketones (excluding diaryl/α,β-unsaturated/α-hetero) is 1. The molecule has 3 aromatic carbocycles. The van der Waals surface area contributed by atoms with Gasteiger partial charge in [0.2, 0.25) is 29.4 Å². The van der Waals surface area contributed by atoms with E-state index in [1.807, 2.05) is 54.6 Å². The first kappa shape index (κ1) is 40.4. The molecule has 1 fully saturated rings. The number of rotatable bonds is 18. The van der Waals surface area contributed by atoms with E-state index in [0.717, 1.165) is 24.2 Å². The number of carbonyl (C=O) groups excluding carboxylic acids is 6. The summed E-state index contributed by atoms with van der Waals surface area (Å²) in [6.45, 7) is 8.32. The summed E-state index contributed by atoms with van der Waals surface area (Å²) in [6.07, 6.45) is 0.234. The van der Waals surface area contributed by atoms with E-state index in [-0.39, 0.29) is 25.2 Å². The zero-order valence-corrected chi connectivity index (χ0v) is 30.6. The Balaban J connectivity index is 1.39. The van der Waals surface area contributed by atoms with E-state index >= 15 is 0 Å². The number of nitrogens with zero attached hydrogens (tertiary/aromatic N) is 1. The van der Waals surface area contributed by atoms with Gasteiger partial charge in [-0.1, -0.05) is 91.0 Å². The Morgan fingerprint density at radius 2 is 1.21 bits per heavy atom. The summed E-state index contributed by atoms with van der Waals surface area (Å²) in [5.74, 6) is -4.18. The number of amides is 5. The molecule has 0 aliphatic carbocycles. The molecule has 1 heterocycles. The predicted molar refractivity (Wildman–Crippen MR) is 199 cm³/mol. The fourth-order valence-corrected chi connectivity index (χ4v) is 5.78. The molecule has 4 rings (SSSR count). The number of morpholine rings is 1. The fourth-order valence-electron chi connectivity index (χ4n) is 5.78. The van der Waals surface area contributed by atoms with Crippen molar-refractivity contribution >= 4 is 35.3 Å². The number of benzene rings is 3. The zero-order chi connectivity index (χ0) is 38.2. The molecule has 1 aliphatic heterocycles. The van der Waals surface area contributed by atoms with Gasteiger partial charge in [0.05, 0.1) is 25.7 Å². The van der Waals surface area contributed by atoms with Crippen LogP contribution in [-0.2, 0) is 52.8 Å². The van der Waals surface area contributed by atoms with E-state index in [2.05, 4.69) is 31.5 Å². The summed E-state index contributed by atoms with van der Waals surface area (Å²) in [5, 5.41) is 13.4. The van der Waals surface area contributed by atoms with Crippen LogP contribution in [0, 0.1) is 0 Å². The average molecular weight is 727 g/mol. The molecule has 5 N–H and O–H groups in total. The molecule has 53 heavy (non-hydrogen) atoms. The summed E-state index contributed by atoms with van der Waals surface area (Å²) < 4.78 is 5.36. The van der Waals surface area contributed by atoms with Crippen molar-refractivity contribution in [1.29, 1.82) is 0 Å². The van der Waals surface area contributed by atoms with Crippen molar-refractivity contribution in [2.24, 2.45) is 0 Å². The quantitative estimate of drug-likeness (QED) is 0.121. The van der Waals surface area contributed by atoms with Crippen molar-refractivity contribution in [2.45, 2.75) is 63.7 Å². The molecule has 3 unspecified atom stereocenters. The van der Waals surface area contributed by atoms with Gasteiger partial charge >= 0.3 is 0 Å². The minimum atomic E-state index is -1.34. The van der Waals surface area contributed by atoms with E-state index in [1.54, 1.807) is 50.2 Å². The third-order valence-electron chi connectivity index (χ3n) is 8.84. The topological polar surface area (TPSA) is 175 Å². The van der Waals surface area contributed by atoms with Gasteiger partial charge in [0.25, 0.3) is 5.91 Å². The van der Waals surface area contributed by atoms with Gasteiger partial charge in [0.15, 0.2) is 0 Å². The number of ketones is 1. The molecular formula is C40H50N6O7. The fraction of sp³-hybridized carbons (Fsp3) is 0.400. The summed E-state index contributed by atoms with van der Waals surface area (Å²) in [7, 11) is 0. The van der Waals surface area contributed by atoms with Gasteiger partial charge in [-0.3, -0.25) is 33.7 Å². The van der Waals surface area contributed by atoms with Gasteiger partial charge in [-0.15, -0.1) is 0 Å². The number of nitrogens with one attached hydrogen (secondary N) is 5. The van der Waals surface area contributed by atoms with Crippen LogP contribution in [0.15, 0.2) is 91.0 Å². The van der Waals surface area contributed by atoms with Gasteiger partial charge in [-0.2, -0.15) is 0 Å². The first-order valence-electron chi connectivity index (χ1n) is 17.9. The first-order valence-corrected chi connectivity index (χ1v) is 17.9. The van der Waals surface area contributed by atoms with Crippen LogP contribution < -0.4 is 26.6 Å². The van der Waals surface area contributed by atoms with Crippen LogP contribution in [0.4, 0.5) is 0 Å². The number of hydrogen-bond acceptors (Lipinski definition) is 8. The SMILES string of the molecule is CC(NC(=O)C(Cc1ccccc1)NC(=O)Cc1ccccc1)C(=O)C(=O)NC(Cc1ccccc1)C(=O)NC(C)(C)C(=O)NCCN1CCOCC1. The smallest absolute Gasteiger partial charge is 0.290 e. The normalized spacial score (nSPS) is 14.8. The Bertz CT molecular complexity index is 1680. The lowest BCUT2D eigenvalue weighted by molar-refractivity contribution is -0.142. The monoisotopic (exact) mass is 726 g/mol. The molecule has 1 saturated heterocycles. The molecule has 0 radical (unpaired) electrons. The molecule has 3 aromatic rings. The standard InChI is InChI=1S/C40H50N6O7/c1-28(42-36(49)32(25-29-13-7-4-8-14-29)43-34(47)27-31-17-11-6-12-18-31)35(48)38(51)44-33(26-30-15-9-5-10-16-30)37(50)45-40(2,3)39(52)41-19-20-46-21-23-53-24-22-46/h4-18,28,32-33H,19-27H2,1-3H3,(H,41,52)(H,42,49)(H,43,47)(H,44,51)(H,45,50). The van der Waals surface area contributed by atoms with Crippen LogP contribution in [0.5, 0.6) is 0 Å². The highest BCUT2D eigenvalue weighted by Crippen LogP contribution is 2.09. The third kappa shape index (κ3) is 13.3. The molecule has 13 nitrogen and oxygen atoms in total. The van der Waals surface area contributed by atoms with Gasteiger partial charge < -0.3 is 31.3 Å². The predicted octanol–water partition coefficient (Wildman–Crippen LogP) is 1.10. The number of hydrogen-bond donors (Lipinski definition) is 5. The second-order valence-electron chi connectivity index (χ2n) is 13.6. The van der Waals surface area contributed by atoms with E-state index in [4.69, 9.17) is 4.74 Å². The van der Waals surface area contributed by atoms with Crippen molar-refractivity contribution in [3.8, 4) is 0 Å². The molecule has 0 spiro atoms. The van der Waals surface area contributed by atoms with E-state index < -0.39 is 53.1 Å². The Labute approximate surface area is 310 Å². The van der Waals surface area contributed by atoms with Crippen molar-refractivity contribution in [2.75, 3.05) is 39.4 Å². The Morgan fingerprint density at radius 3 is 1.75 bits per heavy atom. The lowest BCUT2D eigenvalue weighted by atomic mass is 10.0. The lowest BCUT2D eigenvalue weighted by Crippen LogP contribution is -2.61. The molecule has 0 bridgehead atoms. The van der Waals surface area contributed by atoms with E-state index in [1.165, 1.54) is 6.92 Å². The zero-order valence-electron chi connectivity index (χ0n) is 30.6. The van der Waals surface area contributed by atoms with Crippen LogP contribution in [0.3, 0.4) is 0 Å². The molecule has 3 atom stereocenters. The average Bonchev–Trinajstić information content (AvgIpc) is 3.15. The summed E-state index contributed by atoms with van der Waals surface area (Å²) in [5.41, 5.74) is 0.925. The maximum atomic E-state index is 13.6. The maximum absolute atomic E-state index is 13.6. The Hall–Kier alpha value is -5.40. The Kier molecular flexibility index (Phi) is 15.2. The second-order valence-corrected chi connectivity index (χ2v) is 13.6. The minimum absolute atomic E-state index is 0.0355. The minimum Gasteiger partial charge on any atom is -0.379 e. The molecule has 282 valence electrons. The lowest BCUT2D eigenvalue weighted by Gasteiger charge is -2.30. The molecule has 0 aromatic heterocycles. The van der Waals surface area contributed by atoms with Gasteiger partial charge in [0.1, 0.15) is 17.6 Å². The summed E-state index contributed by atoms with van der Waals surface area (Å²) >= 11 is 0. The first-order chi connectivity index (χ1) is 25.4. The summed E-state index contributed by atoms with van der Waals surface area (Å²) in [4.78, 5) is 82.1. The highest BCUT2D eigenvalue weighted by molar-refractivity contribution is 6.38. The van der Waals surface area contributed by atoms with Crippen LogP contribution >= 0.6 is 0 Å². The van der Waals surface area contributed by atoms with Crippen LogP contribution in [0.2, 0.25) is 0 Å². The second kappa shape index (κ2) is 20.0. The van der Waals surface area contributed by atoms with E-state index in [0.29, 0.717) is 31.9 Å². The largest absolute Gasteiger partial charge is 0.379 e. The van der Waals surface area contributed by atoms with Crippen LogP contribution in [0.1, 0.15) is 37.5 Å². The van der Waals surface area contributed by atoms with Gasteiger partial charge in [0, 0.05) is 39.0 Å². The van der Waals surface area contributed by atoms with Gasteiger partial charge in [-0.05, 0) is 37.5 Å². The van der Waals surface area contributed by atoms with Crippen LogP contribution in [-0.4, -0.2) is 103 Å². The molecule has 1 aliphatic rings. The highest BCUT2D eigenvalue weighted by atomic mass is 16.5. The van der Waals surface area contributed by atoms with Crippen LogP contribution in [0.25, 0.3) is 0 Å². The van der Waals surface area contributed by atoms with Crippen molar-refractivity contribution in [3.63, 3.8) is 0 Å². The van der Waals surface area contributed by atoms with Crippen molar-refractivity contribution in [1.82, 2.24) is 31.5 Å². The summed E-state index contributed by atoms with van der Waals surface area (Å²) in [6, 6.07) is 23.6. The van der Waals surface area contributed by atoms with Gasteiger partial charge in [-0.25, -0.2) is 0 Å². The van der Waals surface area contributed by atoms with Crippen molar-refractivity contribution < 1.29 is 33.5 Å². The molecule has 0 saturated carbocycles. The number of ether oxygens (including phenoxy) is 1. The number of carbonyl (C=O) groups is 6. The highest BCUT2D eigenvalue weighted by Gasteiger charge is 2.35. The van der Waals surface area contributed by atoms with Crippen molar-refractivity contribution in [3.05, 3.63) is 108 Å².